The Kier molecular flexibility index (Phi) is 6.46. The number of nitrogens with zero attached hydrogens (tertiary/aromatic N) is 3. The molecule has 0 aliphatic rings. The average Bonchev–Trinajstić information content (AvgIpc) is 3.15. The molecule has 0 atom stereocenters. The van der Waals surface area contributed by atoms with Gasteiger partial charge in [-0.15, -0.1) is 0 Å². The lowest BCUT2D eigenvalue weighted by Crippen LogP contribution is -2.10. The molecular formula is C44H29N3. The van der Waals surface area contributed by atoms with Gasteiger partial charge < -0.3 is 4.90 Å². The summed E-state index contributed by atoms with van der Waals surface area (Å²) in [6.45, 7) is 0. The fourth-order valence-electron chi connectivity index (χ4n) is 6.65. The topological polar surface area (TPSA) is 29.0 Å². The van der Waals surface area contributed by atoms with E-state index in [1.165, 1.54) is 21.5 Å². The maximum Gasteiger partial charge on any atom is 0.0973 e. The molecule has 0 fully saturated rings. The van der Waals surface area contributed by atoms with Crippen molar-refractivity contribution in [1.82, 2.24) is 9.97 Å². The van der Waals surface area contributed by atoms with E-state index in [1.807, 2.05) is 12.1 Å². The summed E-state index contributed by atoms with van der Waals surface area (Å²) in [6, 6.07) is 62.1. The second-order valence-corrected chi connectivity index (χ2v) is 11.9. The SMILES string of the molecule is c1ccc(-c2nc3ccc4cc(N(c5ccc6ccccc6c5)c5ccc6ccccc6c5)ccc4c3nc2-c2ccccc2)cc1. The molecule has 3 nitrogen and oxygen atoms in total. The van der Waals surface area contributed by atoms with Gasteiger partial charge in [-0.05, 0) is 69.4 Å². The minimum Gasteiger partial charge on any atom is -0.310 e. The summed E-state index contributed by atoms with van der Waals surface area (Å²) in [7, 11) is 0. The van der Waals surface area contributed by atoms with Gasteiger partial charge in [-0.25, -0.2) is 9.97 Å². The van der Waals surface area contributed by atoms with Crippen LogP contribution in [0.4, 0.5) is 17.1 Å². The largest absolute Gasteiger partial charge is 0.310 e. The Bertz CT molecular complexity index is 2500. The highest BCUT2D eigenvalue weighted by Crippen LogP contribution is 2.40. The van der Waals surface area contributed by atoms with Gasteiger partial charge in [-0.1, -0.05) is 133 Å². The van der Waals surface area contributed by atoms with Crippen LogP contribution in [-0.4, -0.2) is 9.97 Å². The summed E-state index contributed by atoms with van der Waals surface area (Å²) in [4.78, 5) is 12.9. The molecule has 0 unspecified atom stereocenters. The van der Waals surface area contributed by atoms with E-state index >= 15 is 0 Å². The van der Waals surface area contributed by atoms with Crippen molar-refractivity contribution in [2.24, 2.45) is 0 Å². The van der Waals surface area contributed by atoms with Crippen LogP contribution in [0.2, 0.25) is 0 Å². The van der Waals surface area contributed by atoms with Crippen molar-refractivity contribution >= 4 is 60.4 Å². The monoisotopic (exact) mass is 599 g/mol. The second kappa shape index (κ2) is 11.2. The third kappa shape index (κ3) is 4.86. The molecule has 9 rings (SSSR count). The van der Waals surface area contributed by atoms with Gasteiger partial charge in [0.2, 0.25) is 0 Å². The molecule has 0 bridgehead atoms. The molecule has 0 spiro atoms. The number of fused-ring (bicyclic) bond motifs is 5. The average molecular weight is 600 g/mol. The molecule has 0 saturated heterocycles. The first kappa shape index (κ1) is 27.0. The normalized spacial score (nSPS) is 11.4. The van der Waals surface area contributed by atoms with Gasteiger partial charge in [0.1, 0.15) is 0 Å². The highest BCUT2D eigenvalue weighted by molar-refractivity contribution is 6.07. The molecule has 220 valence electrons. The van der Waals surface area contributed by atoms with Crippen molar-refractivity contribution in [3.63, 3.8) is 0 Å². The molecule has 0 saturated carbocycles. The summed E-state index contributed by atoms with van der Waals surface area (Å²) >= 11 is 0. The Morgan fingerprint density at radius 2 is 0.787 bits per heavy atom. The molecular weight excluding hydrogens is 571 g/mol. The quantitative estimate of drug-likeness (QED) is 0.184. The first-order valence-corrected chi connectivity index (χ1v) is 15.9. The molecule has 47 heavy (non-hydrogen) atoms. The summed E-state index contributed by atoms with van der Waals surface area (Å²) in [6.07, 6.45) is 0. The second-order valence-electron chi connectivity index (χ2n) is 11.9. The lowest BCUT2D eigenvalue weighted by Gasteiger charge is -2.26. The molecule has 0 radical (unpaired) electrons. The van der Waals surface area contributed by atoms with Crippen LogP contribution in [0.1, 0.15) is 0 Å². The summed E-state index contributed by atoms with van der Waals surface area (Å²) in [5.41, 5.74) is 8.95. The predicted octanol–water partition coefficient (Wildman–Crippen LogP) is 11.9. The van der Waals surface area contributed by atoms with Crippen LogP contribution in [0.5, 0.6) is 0 Å². The standard InChI is InChI=1S/C44H29N3/c1-3-13-32(14-4-1)42-43(33-15-5-2-6-16-33)46-44-40-25-24-39(29-36(40)21-26-41(44)45-42)47(37-22-19-30-11-7-9-17-34(30)27-37)38-23-20-31-12-8-10-18-35(31)28-38/h1-29H. The van der Waals surface area contributed by atoms with Crippen LogP contribution >= 0.6 is 0 Å². The van der Waals surface area contributed by atoms with Crippen LogP contribution in [-0.2, 0) is 0 Å². The maximum atomic E-state index is 5.33. The third-order valence-corrected chi connectivity index (χ3v) is 8.97. The van der Waals surface area contributed by atoms with Crippen molar-refractivity contribution in [2.75, 3.05) is 4.90 Å². The predicted molar refractivity (Wildman–Crippen MR) is 198 cm³/mol. The number of aromatic nitrogens is 2. The van der Waals surface area contributed by atoms with Crippen LogP contribution in [0.15, 0.2) is 176 Å². The molecule has 0 aliphatic heterocycles. The van der Waals surface area contributed by atoms with Crippen LogP contribution in [0.25, 0.3) is 65.9 Å². The van der Waals surface area contributed by atoms with Gasteiger partial charge in [0.25, 0.3) is 0 Å². The van der Waals surface area contributed by atoms with E-state index in [-0.39, 0.29) is 0 Å². The zero-order valence-electron chi connectivity index (χ0n) is 25.6. The van der Waals surface area contributed by atoms with Gasteiger partial charge in [-0.3, -0.25) is 0 Å². The molecule has 1 heterocycles. The van der Waals surface area contributed by atoms with E-state index in [4.69, 9.17) is 9.97 Å². The Morgan fingerprint density at radius 3 is 1.36 bits per heavy atom. The number of hydrogen-bond acceptors (Lipinski definition) is 3. The lowest BCUT2D eigenvalue weighted by molar-refractivity contribution is 1.29. The molecule has 3 heteroatoms. The molecule has 0 aliphatic carbocycles. The van der Waals surface area contributed by atoms with Crippen LogP contribution in [0.3, 0.4) is 0 Å². The first-order valence-electron chi connectivity index (χ1n) is 15.9. The van der Waals surface area contributed by atoms with Gasteiger partial charge in [-0.2, -0.15) is 0 Å². The van der Waals surface area contributed by atoms with E-state index < -0.39 is 0 Å². The maximum absolute atomic E-state index is 5.33. The summed E-state index contributed by atoms with van der Waals surface area (Å²) < 4.78 is 0. The fourth-order valence-corrected chi connectivity index (χ4v) is 6.65. The van der Waals surface area contributed by atoms with Gasteiger partial charge in [0, 0.05) is 33.6 Å². The van der Waals surface area contributed by atoms with Crippen LogP contribution < -0.4 is 4.90 Å². The van der Waals surface area contributed by atoms with Gasteiger partial charge >= 0.3 is 0 Å². The fraction of sp³-hybridized carbons (Fsp3) is 0. The van der Waals surface area contributed by atoms with Crippen molar-refractivity contribution < 1.29 is 0 Å². The minimum atomic E-state index is 0.879. The number of rotatable bonds is 5. The molecule has 9 aromatic rings. The zero-order valence-corrected chi connectivity index (χ0v) is 25.6. The van der Waals surface area contributed by atoms with Crippen molar-refractivity contribution in [3.05, 3.63) is 176 Å². The van der Waals surface area contributed by atoms with E-state index in [2.05, 4.69) is 169 Å². The Morgan fingerprint density at radius 1 is 0.340 bits per heavy atom. The van der Waals surface area contributed by atoms with E-state index in [0.717, 1.165) is 61.4 Å². The smallest absolute Gasteiger partial charge is 0.0973 e. The number of anilines is 3. The molecule has 8 aromatic carbocycles. The van der Waals surface area contributed by atoms with Crippen molar-refractivity contribution in [3.8, 4) is 22.5 Å². The first-order chi connectivity index (χ1) is 23.3. The minimum absolute atomic E-state index is 0.879. The van der Waals surface area contributed by atoms with E-state index in [9.17, 15) is 0 Å². The lowest BCUT2D eigenvalue weighted by atomic mass is 10.0. The molecule has 0 amide bonds. The summed E-state index contributed by atoms with van der Waals surface area (Å²) in [5, 5.41) is 7.06. The Hall–Kier alpha value is -6.32. The van der Waals surface area contributed by atoms with Crippen molar-refractivity contribution in [2.45, 2.75) is 0 Å². The van der Waals surface area contributed by atoms with Gasteiger partial charge in [0.05, 0.1) is 22.4 Å². The number of hydrogen-bond donors (Lipinski definition) is 0. The van der Waals surface area contributed by atoms with E-state index in [0.29, 0.717) is 0 Å². The Balaban J connectivity index is 1.24. The van der Waals surface area contributed by atoms with Crippen molar-refractivity contribution in [1.29, 1.82) is 0 Å². The molecule has 0 N–H and O–H groups in total. The summed E-state index contributed by atoms with van der Waals surface area (Å²) in [5.74, 6) is 0. The third-order valence-electron chi connectivity index (χ3n) is 8.97. The van der Waals surface area contributed by atoms with Gasteiger partial charge in [0.15, 0.2) is 0 Å². The van der Waals surface area contributed by atoms with Crippen LogP contribution in [0, 0.1) is 0 Å². The molecule has 1 aromatic heterocycles. The highest BCUT2D eigenvalue weighted by Gasteiger charge is 2.18. The zero-order chi connectivity index (χ0) is 31.2. The van der Waals surface area contributed by atoms with E-state index in [1.54, 1.807) is 0 Å². The highest BCUT2D eigenvalue weighted by atomic mass is 15.1. The number of benzene rings is 8. The Labute approximate surface area is 273 Å².